The van der Waals surface area contributed by atoms with Gasteiger partial charge in [-0.05, 0) is 75.2 Å². The Hall–Kier alpha value is -3.65. The van der Waals surface area contributed by atoms with E-state index in [0.29, 0.717) is 33.2 Å². The molecule has 0 fully saturated rings. The summed E-state index contributed by atoms with van der Waals surface area (Å²) in [6, 6.07) is 11.2. The molecule has 0 saturated carbocycles. The molecular weight excluding hydrogens is 483 g/mol. The van der Waals surface area contributed by atoms with Gasteiger partial charge in [-0.15, -0.1) is 0 Å². The summed E-state index contributed by atoms with van der Waals surface area (Å²) in [5.74, 6) is -1.98. The van der Waals surface area contributed by atoms with Crippen molar-refractivity contribution < 1.29 is 32.9 Å². The number of hydrogen-bond donors (Lipinski definition) is 2. The van der Waals surface area contributed by atoms with Crippen molar-refractivity contribution >= 4 is 27.6 Å². The number of halogens is 3. The Balaban J connectivity index is 2.25. The van der Waals surface area contributed by atoms with E-state index >= 15 is 0 Å². The van der Waals surface area contributed by atoms with Gasteiger partial charge in [0.05, 0.1) is 22.1 Å². The van der Waals surface area contributed by atoms with Gasteiger partial charge in [0.2, 0.25) is 5.88 Å². The lowest BCUT2D eigenvalue weighted by atomic mass is 9.84. The van der Waals surface area contributed by atoms with Crippen LogP contribution in [0.15, 0.2) is 42.5 Å². The second kappa shape index (κ2) is 9.03. The number of carboxylic acids is 1. The molecule has 0 radical (unpaired) electrons. The number of hydrogen-bond acceptors (Lipinski definition) is 4. The number of pyridine rings is 1. The summed E-state index contributed by atoms with van der Waals surface area (Å²) in [5.41, 5.74) is 1.94. The van der Waals surface area contributed by atoms with Gasteiger partial charge in [0.25, 0.3) is 0 Å². The molecule has 8 heteroatoms. The summed E-state index contributed by atoms with van der Waals surface area (Å²) in [6.45, 7) is 10.5. The number of benzene rings is 3. The molecule has 0 unspecified atom stereocenters. The molecule has 0 saturated heterocycles. The zero-order valence-corrected chi connectivity index (χ0v) is 21.4. The van der Waals surface area contributed by atoms with Crippen molar-refractivity contribution in [1.29, 1.82) is 0 Å². The van der Waals surface area contributed by atoms with Crippen molar-refractivity contribution in [2.24, 2.45) is 0 Å². The van der Waals surface area contributed by atoms with Gasteiger partial charge in [-0.25, -0.2) is 9.78 Å². The molecule has 0 spiro atoms. The first-order chi connectivity index (χ1) is 17.1. The maximum Gasteiger partial charge on any atom is 0.417 e. The SMILES string of the molecule is Cc1ccc(-c2c([C@H](OC(C)(C)C)C(=O)O)c(C)c3nc(O)c4c(C(F)(F)F)cccc4c3c2C)cc1. The van der Waals surface area contributed by atoms with E-state index in [-0.39, 0.29) is 10.9 Å². The first-order valence-corrected chi connectivity index (χ1v) is 11.7. The van der Waals surface area contributed by atoms with E-state index in [1.165, 1.54) is 12.1 Å². The van der Waals surface area contributed by atoms with E-state index in [1.807, 2.05) is 31.2 Å². The Morgan fingerprint density at radius 3 is 2.11 bits per heavy atom. The summed E-state index contributed by atoms with van der Waals surface area (Å²) in [4.78, 5) is 16.7. The number of alkyl halides is 3. The van der Waals surface area contributed by atoms with E-state index in [0.717, 1.165) is 11.6 Å². The summed E-state index contributed by atoms with van der Waals surface area (Å²) in [5, 5.41) is 21.1. The standard InChI is InChI=1S/C29H28F3NO4/c1-14-10-12-17(13-11-14)20-15(2)21-18-8-7-9-19(29(30,31)32)23(18)26(34)33-24(21)16(3)22(20)25(27(35)36)37-28(4,5)6/h7-13,25H,1-6H3,(H,33,34)(H,35,36)/t25-/m0/s1. The summed E-state index contributed by atoms with van der Waals surface area (Å²) < 4.78 is 47.6. The Labute approximate surface area is 212 Å². The molecule has 1 atom stereocenters. The molecular formula is C29H28F3NO4. The number of carbonyl (C=O) groups is 1. The highest BCUT2D eigenvalue weighted by molar-refractivity contribution is 6.13. The van der Waals surface area contributed by atoms with Crippen LogP contribution in [-0.2, 0) is 15.7 Å². The summed E-state index contributed by atoms with van der Waals surface area (Å²) >= 11 is 0. The molecule has 1 aromatic heterocycles. The molecule has 4 aromatic rings. The maximum absolute atomic E-state index is 13.9. The van der Waals surface area contributed by atoms with Crippen molar-refractivity contribution in [3.8, 4) is 17.0 Å². The molecule has 1 heterocycles. The average molecular weight is 512 g/mol. The highest BCUT2D eigenvalue weighted by Crippen LogP contribution is 2.46. The molecule has 194 valence electrons. The van der Waals surface area contributed by atoms with Crippen molar-refractivity contribution in [2.75, 3.05) is 0 Å². The molecule has 37 heavy (non-hydrogen) atoms. The molecule has 0 aliphatic rings. The Kier molecular flexibility index (Phi) is 6.44. The first kappa shape index (κ1) is 26.4. The fourth-order valence-electron chi connectivity index (χ4n) is 4.88. The number of rotatable bonds is 4. The van der Waals surface area contributed by atoms with Gasteiger partial charge in [0, 0.05) is 10.9 Å². The molecule has 0 aliphatic carbocycles. The lowest BCUT2D eigenvalue weighted by Crippen LogP contribution is -2.28. The van der Waals surface area contributed by atoms with E-state index in [1.54, 1.807) is 34.6 Å². The van der Waals surface area contributed by atoms with Crippen LogP contribution in [0.25, 0.3) is 32.8 Å². The van der Waals surface area contributed by atoms with Gasteiger partial charge >= 0.3 is 12.1 Å². The largest absolute Gasteiger partial charge is 0.493 e. The van der Waals surface area contributed by atoms with Crippen LogP contribution in [0.5, 0.6) is 5.88 Å². The van der Waals surface area contributed by atoms with Crippen LogP contribution in [0.3, 0.4) is 0 Å². The Morgan fingerprint density at radius 1 is 0.946 bits per heavy atom. The topological polar surface area (TPSA) is 79.7 Å². The van der Waals surface area contributed by atoms with E-state index < -0.39 is 40.7 Å². The van der Waals surface area contributed by atoms with Gasteiger partial charge in [0.1, 0.15) is 0 Å². The minimum atomic E-state index is -4.70. The summed E-state index contributed by atoms with van der Waals surface area (Å²) in [7, 11) is 0. The first-order valence-electron chi connectivity index (χ1n) is 11.7. The quantitative estimate of drug-likeness (QED) is 0.275. The number of aliphatic carboxylic acids is 1. The lowest BCUT2D eigenvalue weighted by molar-refractivity contribution is -0.160. The second-order valence-corrected chi connectivity index (χ2v) is 10.2. The normalized spacial score (nSPS) is 13.3. The van der Waals surface area contributed by atoms with Crippen LogP contribution in [0.1, 0.15) is 54.7 Å². The fourth-order valence-corrected chi connectivity index (χ4v) is 4.88. The number of aryl methyl sites for hydroxylation is 3. The molecule has 0 bridgehead atoms. The minimum absolute atomic E-state index is 0.182. The molecule has 0 aliphatic heterocycles. The monoisotopic (exact) mass is 511 g/mol. The minimum Gasteiger partial charge on any atom is -0.493 e. The zero-order chi connectivity index (χ0) is 27.4. The number of carboxylic acid groups (broad SMARTS) is 1. The molecule has 5 nitrogen and oxygen atoms in total. The highest BCUT2D eigenvalue weighted by Gasteiger charge is 2.36. The number of aromatic hydroxyl groups is 1. The zero-order valence-electron chi connectivity index (χ0n) is 21.4. The van der Waals surface area contributed by atoms with Gasteiger partial charge < -0.3 is 14.9 Å². The van der Waals surface area contributed by atoms with E-state index in [9.17, 15) is 28.2 Å². The van der Waals surface area contributed by atoms with Crippen molar-refractivity contribution in [3.63, 3.8) is 0 Å². The predicted molar refractivity (Wildman–Crippen MR) is 137 cm³/mol. The number of nitrogens with zero attached hydrogens (tertiary/aromatic N) is 1. The smallest absolute Gasteiger partial charge is 0.417 e. The van der Waals surface area contributed by atoms with Crippen LogP contribution >= 0.6 is 0 Å². The number of aromatic nitrogens is 1. The lowest BCUT2D eigenvalue weighted by Gasteiger charge is -2.29. The summed E-state index contributed by atoms with van der Waals surface area (Å²) in [6.07, 6.45) is -6.09. The average Bonchev–Trinajstić information content (AvgIpc) is 2.79. The van der Waals surface area contributed by atoms with E-state index in [4.69, 9.17) is 4.74 Å². The van der Waals surface area contributed by atoms with Gasteiger partial charge in [-0.2, -0.15) is 13.2 Å². The Morgan fingerprint density at radius 2 is 1.57 bits per heavy atom. The fraction of sp³-hybridized carbons (Fsp3) is 0.310. The van der Waals surface area contributed by atoms with Crippen molar-refractivity contribution in [3.05, 3.63) is 70.3 Å². The molecule has 3 aromatic carbocycles. The second-order valence-electron chi connectivity index (χ2n) is 10.2. The highest BCUT2D eigenvalue weighted by atomic mass is 19.4. The molecule has 2 N–H and O–H groups in total. The van der Waals surface area contributed by atoms with Crippen LogP contribution in [-0.4, -0.2) is 26.8 Å². The van der Waals surface area contributed by atoms with Crippen LogP contribution in [0.4, 0.5) is 13.2 Å². The number of ether oxygens (including phenoxy) is 1. The van der Waals surface area contributed by atoms with Gasteiger partial charge in [-0.1, -0.05) is 42.0 Å². The predicted octanol–water partition coefficient (Wildman–Crippen LogP) is 7.65. The Bertz CT molecular complexity index is 1530. The third-order valence-corrected chi connectivity index (χ3v) is 6.39. The third-order valence-electron chi connectivity index (χ3n) is 6.39. The van der Waals surface area contributed by atoms with Gasteiger partial charge in [-0.3, -0.25) is 0 Å². The van der Waals surface area contributed by atoms with Crippen molar-refractivity contribution in [1.82, 2.24) is 4.98 Å². The van der Waals surface area contributed by atoms with Crippen LogP contribution in [0.2, 0.25) is 0 Å². The van der Waals surface area contributed by atoms with Crippen LogP contribution < -0.4 is 0 Å². The molecule has 0 amide bonds. The van der Waals surface area contributed by atoms with Crippen LogP contribution in [0, 0.1) is 20.8 Å². The van der Waals surface area contributed by atoms with Crippen molar-refractivity contribution in [2.45, 2.75) is 59.4 Å². The molecule has 4 rings (SSSR count). The van der Waals surface area contributed by atoms with E-state index in [2.05, 4.69) is 4.98 Å². The third kappa shape index (κ3) is 4.73. The number of fused-ring (bicyclic) bond motifs is 3. The maximum atomic E-state index is 13.9. The van der Waals surface area contributed by atoms with Gasteiger partial charge in [0.15, 0.2) is 6.10 Å².